The Morgan fingerprint density at radius 1 is 1.47 bits per heavy atom. The number of aryl methyl sites for hydroxylation is 1. The van der Waals surface area contributed by atoms with Gasteiger partial charge in [-0.3, -0.25) is 0 Å². The molecular formula is C12H14FN3O. The van der Waals surface area contributed by atoms with E-state index in [1.165, 1.54) is 12.1 Å². The molecule has 2 N–H and O–H groups in total. The largest absolute Gasteiger partial charge is 0.334 e. The first-order valence-corrected chi connectivity index (χ1v) is 5.47. The molecule has 0 spiro atoms. The van der Waals surface area contributed by atoms with Crippen molar-refractivity contribution in [1.29, 1.82) is 0 Å². The number of halogens is 1. The lowest BCUT2D eigenvalue weighted by Crippen LogP contribution is -2.10. The van der Waals surface area contributed by atoms with Gasteiger partial charge in [0.1, 0.15) is 5.82 Å². The van der Waals surface area contributed by atoms with Gasteiger partial charge in [-0.1, -0.05) is 18.1 Å². The van der Waals surface area contributed by atoms with Crippen molar-refractivity contribution in [2.45, 2.75) is 26.3 Å². The van der Waals surface area contributed by atoms with Gasteiger partial charge in [-0.2, -0.15) is 4.98 Å². The molecular weight excluding hydrogens is 221 g/mol. The van der Waals surface area contributed by atoms with Gasteiger partial charge in [0.05, 0.1) is 6.04 Å². The number of rotatable bonds is 3. The zero-order valence-electron chi connectivity index (χ0n) is 9.77. The molecule has 1 unspecified atom stereocenters. The number of benzene rings is 1. The number of aromatic nitrogens is 2. The minimum atomic E-state index is -0.329. The first-order chi connectivity index (χ1) is 8.11. The zero-order chi connectivity index (χ0) is 12.4. The van der Waals surface area contributed by atoms with Crippen LogP contribution in [-0.2, 0) is 0 Å². The third-order valence-electron chi connectivity index (χ3n) is 2.64. The second-order valence-electron chi connectivity index (χ2n) is 3.93. The maximum atomic E-state index is 13.1. The molecule has 2 rings (SSSR count). The Balaban J connectivity index is 2.40. The van der Waals surface area contributed by atoms with Crippen molar-refractivity contribution < 1.29 is 8.91 Å². The predicted molar refractivity (Wildman–Crippen MR) is 61.6 cm³/mol. The summed E-state index contributed by atoms with van der Waals surface area (Å²) in [6, 6.07) is 4.20. The molecule has 0 aliphatic rings. The van der Waals surface area contributed by atoms with Crippen LogP contribution in [0.5, 0.6) is 0 Å². The van der Waals surface area contributed by atoms with E-state index in [-0.39, 0.29) is 11.9 Å². The summed E-state index contributed by atoms with van der Waals surface area (Å²) in [7, 11) is 0. The van der Waals surface area contributed by atoms with Crippen LogP contribution in [0.1, 0.15) is 30.8 Å². The summed E-state index contributed by atoms with van der Waals surface area (Å²) in [5.74, 6) is 0.428. The summed E-state index contributed by atoms with van der Waals surface area (Å²) in [6.45, 7) is 3.80. The molecule has 1 atom stereocenters. The second-order valence-corrected chi connectivity index (χ2v) is 3.93. The van der Waals surface area contributed by atoms with Gasteiger partial charge >= 0.3 is 0 Å². The first kappa shape index (κ1) is 11.7. The van der Waals surface area contributed by atoms with Gasteiger partial charge in [-0.15, -0.1) is 0 Å². The van der Waals surface area contributed by atoms with Gasteiger partial charge in [0, 0.05) is 5.56 Å². The zero-order valence-corrected chi connectivity index (χ0v) is 9.77. The molecule has 1 aromatic carbocycles. The van der Waals surface area contributed by atoms with E-state index in [4.69, 9.17) is 10.3 Å². The summed E-state index contributed by atoms with van der Waals surface area (Å²) in [4.78, 5) is 4.18. The van der Waals surface area contributed by atoms with Crippen LogP contribution in [-0.4, -0.2) is 10.1 Å². The van der Waals surface area contributed by atoms with E-state index >= 15 is 0 Å². The fourth-order valence-electron chi connectivity index (χ4n) is 1.50. The average molecular weight is 235 g/mol. The summed E-state index contributed by atoms with van der Waals surface area (Å²) in [5.41, 5.74) is 7.28. The Hall–Kier alpha value is -1.75. The highest BCUT2D eigenvalue weighted by Crippen LogP contribution is 2.23. The first-order valence-electron chi connectivity index (χ1n) is 5.47. The van der Waals surface area contributed by atoms with Crippen LogP contribution in [0.2, 0.25) is 0 Å². The molecule has 0 saturated carbocycles. The molecule has 1 heterocycles. The third-order valence-corrected chi connectivity index (χ3v) is 2.64. The van der Waals surface area contributed by atoms with Gasteiger partial charge in [0.25, 0.3) is 5.89 Å². The number of hydrogen-bond acceptors (Lipinski definition) is 4. The highest BCUT2D eigenvalue weighted by Gasteiger charge is 2.15. The van der Waals surface area contributed by atoms with Crippen molar-refractivity contribution in [3.63, 3.8) is 0 Å². The Morgan fingerprint density at radius 2 is 2.24 bits per heavy atom. The van der Waals surface area contributed by atoms with E-state index in [0.29, 0.717) is 17.3 Å². The fourth-order valence-corrected chi connectivity index (χ4v) is 1.50. The van der Waals surface area contributed by atoms with E-state index in [0.717, 1.165) is 12.0 Å². The molecule has 0 saturated heterocycles. The molecule has 0 fully saturated rings. The molecule has 0 aliphatic heterocycles. The number of hydrogen-bond donors (Lipinski definition) is 1. The van der Waals surface area contributed by atoms with Gasteiger partial charge in [0.2, 0.25) is 0 Å². The van der Waals surface area contributed by atoms with Gasteiger partial charge < -0.3 is 10.3 Å². The minimum Gasteiger partial charge on any atom is -0.334 e. The molecule has 90 valence electrons. The lowest BCUT2D eigenvalue weighted by Gasteiger charge is -2.01. The topological polar surface area (TPSA) is 64.9 Å². The Kier molecular flexibility index (Phi) is 3.19. The van der Waals surface area contributed by atoms with Crippen LogP contribution < -0.4 is 5.73 Å². The van der Waals surface area contributed by atoms with Crippen molar-refractivity contribution in [2.24, 2.45) is 5.73 Å². The summed E-state index contributed by atoms with van der Waals surface area (Å²) < 4.78 is 18.3. The highest BCUT2D eigenvalue weighted by atomic mass is 19.1. The average Bonchev–Trinajstić information content (AvgIpc) is 2.80. The van der Waals surface area contributed by atoms with E-state index in [1.807, 2.05) is 13.8 Å². The summed E-state index contributed by atoms with van der Waals surface area (Å²) in [6.07, 6.45) is 0.723. The molecule has 0 bridgehead atoms. The van der Waals surface area contributed by atoms with Crippen LogP contribution >= 0.6 is 0 Å². The van der Waals surface area contributed by atoms with Crippen LogP contribution in [0, 0.1) is 12.7 Å². The highest BCUT2D eigenvalue weighted by molar-refractivity contribution is 5.58. The Morgan fingerprint density at radius 3 is 2.94 bits per heavy atom. The summed E-state index contributed by atoms with van der Waals surface area (Å²) in [5, 5.41) is 3.80. The molecule has 4 nitrogen and oxygen atoms in total. The maximum Gasteiger partial charge on any atom is 0.258 e. The summed E-state index contributed by atoms with van der Waals surface area (Å²) >= 11 is 0. The lowest BCUT2D eigenvalue weighted by molar-refractivity contribution is 0.414. The van der Waals surface area contributed by atoms with Gasteiger partial charge in [0.15, 0.2) is 5.82 Å². The smallest absolute Gasteiger partial charge is 0.258 e. The minimum absolute atomic E-state index is 0.249. The van der Waals surface area contributed by atoms with E-state index in [1.54, 1.807) is 6.07 Å². The number of nitrogens with two attached hydrogens (primary N) is 1. The van der Waals surface area contributed by atoms with Crippen LogP contribution in [0.3, 0.4) is 0 Å². The molecule has 0 radical (unpaired) electrons. The third kappa shape index (κ3) is 2.34. The lowest BCUT2D eigenvalue weighted by atomic mass is 10.1. The van der Waals surface area contributed by atoms with Crippen molar-refractivity contribution in [3.8, 4) is 11.5 Å². The van der Waals surface area contributed by atoms with E-state index in [2.05, 4.69) is 10.1 Å². The molecule has 17 heavy (non-hydrogen) atoms. The van der Waals surface area contributed by atoms with Gasteiger partial charge in [-0.25, -0.2) is 4.39 Å². The van der Waals surface area contributed by atoms with Crippen molar-refractivity contribution >= 4 is 0 Å². The van der Waals surface area contributed by atoms with Crippen LogP contribution in [0.15, 0.2) is 22.7 Å². The van der Waals surface area contributed by atoms with Crippen LogP contribution in [0.4, 0.5) is 4.39 Å². The molecule has 0 aliphatic carbocycles. The van der Waals surface area contributed by atoms with Crippen molar-refractivity contribution in [2.75, 3.05) is 0 Å². The number of nitrogens with zero attached hydrogens (tertiary/aromatic N) is 2. The second kappa shape index (κ2) is 4.63. The Bertz CT molecular complexity index is 524. The van der Waals surface area contributed by atoms with Gasteiger partial charge in [-0.05, 0) is 31.0 Å². The van der Waals surface area contributed by atoms with Crippen molar-refractivity contribution in [1.82, 2.24) is 10.1 Å². The monoisotopic (exact) mass is 235 g/mol. The quantitative estimate of drug-likeness (QED) is 0.888. The maximum absolute atomic E-state index is 13.1. The van der Waals surface area contributed by atoms with E-state index < -0.39 is 0 Å². The predicted octanol–water partition coefficient (Wildman–Crippen LogP) is 2.59. The standard InChI is InChI=1S/C12H14FN3O/c1-3-10(14)11-15-12(17-16-11)9-6-8(13)5-4-7(9)2/h4-6,10H,3,14H2,1-2H3. The molecule has 1 aromatic heterocycles. The molecule has 5 heteroatoms. The van der Waals surface area contributed by atoms with Crippen molar-refractivity contribution in [3.05, 3.63) is 35.4 Å². The normalized spacial score (nSPS) is 12.7. The molecule has 0 amide bonds. The Labute approximate surface area is 98.6 Å². The molecule has 2 aromatic rings. The fraction of sp³-hybridized carbons (Fsp3) is 0.333. The SMILES string of the molecule is CCC(N)c1noc(-c2cc(F)ccc2C)n1. The van der Waals surface area contributed by atoms with E-state index in [9.17, 15) is 4.39 Å². The van der Waals surface area contributed by atoms with Crippen LogP contribution in [0.25, 0.3) is 11.5 Å².